The summed E-state index contributed by atoms with van der Waals surface area (Å²) in [7, 11) is 1.92. The van der Waals surface area contributed by atoms with Crippen LogP contribution in [0.1, 0.15) is 28.8 Å². The quantitative estimate of drug-likeness (QED) is 0.856. The van der Waals surface area contributed by atoms with Gasteiger partial charge in [0, 0.05) is 43.1 Å². The van der Waals surface area contributed by atoms with Crippen molar-refractivity contribution in [3.63, 3.8) is 0 Å². The number of aromatic nitrogens is 2. The van der Waals surface area contributed by atoms with Crippen LogP contribution >= 0.6 is 11.8 Å². The Hall–Kier alpha value is -0.860. The van der Waals surface area contributed by atoms with Gasteiger partial charge in [-0.3, -0.25) is 4.90 Å². The van der Waals surface area contributed by atoms with Crippen molar-refractivity contribution in [2.24, 2.45) is 0 Å². The van der Waals surface area contributed by atoms with Crippen LogP contribution in [0.4, 0.5) is 13.2 Å². The summed E-state index contributed by atoms with van der Waals surface area (Å²) in [6.45, 7) is 1.70. The lowest BCUT2D eigenvalue weighted by atomic mass is 10.0. The largest absolute Gasteiger partial charge is 0.433 e. The van der Waals surface area contributed by atoms with Crippen molar-refractivity contribution in [2.75, 3.05) is 31.6 Å². The average molecular weight is 318 g/mol. The van der Waals surface area contributed by atoms with Gasteiger partial charge in [-0.05, 0) is 7.05 Å². The number of alkyl halides is 3. The first-order valence-electron chi connectivity index (χ1n) is 6.92. The van der Waals surface area contributed by atoms with E-state index in [1.807, 2.05) is 11.9 Å². The first-order chi connectivity index (χ1) is 9.97. The van der Waals surface area contributed by atoms with Crippen LogP contribution in [0, 0.1) is 0 Å². The Kier molecular flexibility index (Phi) is 4.11. The molecule has 3 rings (SSSR count). The number of thioether (sulfide) groups is 1. The number of hydrogen-bond donors (Lipinski definition) is 1. The third-order valence-electron chi connectivity index (χ3n) is 3.91. The Morgan fingerprint density at radius 1 is 1.33 bits per heavy atom. The summed E-state index contributed by atoms with van der Waals surface area (Å²) in [4.78, 5) is 10.4. The molecule has 8 heteroatoms. The van der Waals surface area contributed by atoms with E-state index in [-0.39, 0.29) is 18.2 Å². The molecule has 1 fully saturated rings. The molecule has 1 saturated heterocycles. The van der Waals surface area contributed by atoms with Crippen molar-refractivity contribution >= 4 is 11.8 Å². The van der Waals surface area contributed by atoms with E-state index in [0.717, 1.165) is 18.1 Å². The molecule has 0 aromatic carbocycles. The summed E-state index contributed by atoms with van der Waals surface area (Å²) >= 11 is 1.74. The maximum atomic E-state index is 13.3. The molecule has 116 valence electrons. The molecular weight excluding hydrogens is 301 g/mol. The summed E-state index contributed by atoms with van der Waals surface area (Å²) in [6.07, 6.45) is -3.90. The van der Waals surface area contributed by atoms with Crippen LogP contribution in [0.15, 0.2) is 0 Å². The number of halogens is 3. The maximum absolute atomic E-state index is 13.3. The van der Waals surface area contributed by atoms with E-state index in [2.05, 4.69) is 15.3 Å². The highest BCUT2D eigenvalue weighted by atomic mass is 32.2. The SMILES string of the molecule is CN1CCSCC1c1nc2c(c(C(F)(F)F)n1)CNCC2. The van der Waals surface area contributed by atoms with Gasteiger partial charge < -0.3 is 5.32 Å². The summed E-state index contributed by atoms with van der Waals surface area (Å²) in [5.74, 6) is 2.05. The number of nitrogens with zero attached hydrogens (tertiary/aromatic N) is 3. The molecule has 2 aliphatic heterocycles. The summed E-state index contributed by atoms with van der Waals surface area (Å²) in [5.41, 5.74) is -0.00247. The van der Waals surface area contributed by atoms with E-state index in [0.29, 0.717) is 24.5 Å². The van der Waals surface area contributed by atoms with Crippen LogP contribution in [-0.4, -0.2) is 46.5 Å². The highest BCUT2D eigenvalue weighted by Gasteiger charge is 2.39. The molecule has 2 aliphatic rings. The van der Waals surface area contributed by atoms with Crippen LogP contribution in [0.3, 0.4) is 0 Å². The second kappa shape index (κ2) is 5.73. The zero-order chi connectivity index (χ0) is 15.0. The fourth-order valence-corrected chi connectivity index (χ4v) is 3.91. The minimum Gasteiger partial charge on any atom is -0.312 e. The van der Waals surface area contributed by atoms with E-state index < -0.39 is 11.9 Å². The molecule has 1 unspecified atom stereocenters. The van der Waals surface area contributed by atoms with Crippen molar-refractivity contribution < 1.29 is 13.2 Å². The second-order valence-electron chi connectivity index (χ2n) is 5.35. The molecule has 1 atom stereocenters. The summed E-state index contributed by atoms with van der Waals surface area (Å²) in [6, 6.07) is -0.134. The average Bonchev–Trinajstić information content (AvgIpc) is 2.45. The van der Waals surface area contributed by atoms with Gasteiger partial charge in [0.05, 0.1) is 11.7 Å². The molecule has 0 bridgehead atoms. The highest BCUT2D eigenvalue weighted by molar-refractivity contribution is 7.99. The molecule has 0 aliphatic carbocycles. The van der Waals surface area contributed by atoms with Crippen molar-refractivity contribution in [3.05, 3.63) is 22.8 Å². The second-order valence-corrected chi connectivity index (χ2v) is 6.50. The topological polar surface area (TPSA) is 41.1 Å². The molecule has 1 aromatic rings. The first-order valence-corrected chi connectivity index (χ1v) is 8.08. The van der Waals surface area contributed by atoms with Gasteiger partial charge in [0.1, 0.15) is 5.82 Å². The van der Waals surface area contributed by atoms with Gasteiger partial charge in [0.15, 0.2) is 5.69 Å². The van der Waals surface area contributed by atoms with E-state index in [9.17, 15) is 13.2 Å². The Morgan fingerprint density at radius 2 is 2.14 bits per heavy atom. The van der Waals surface area contributed by atoms with Crippen LogP contribution in [0.5, 0.6) is 0 Å². The van der Waals surface area contributed by atoms with E-state index in [1.54, 1.807) is 11.8 Å². The molecule has 0 radical (unpaired) electrons. The fraction of sp³-hybridized carbons (Fsp3) is 0.692. The lowest BCUT2D eigenvalue weighted by Crippen LogP contribution is -2.36. The molecular formula is C13H17F3N4S. The Bertz CT molecular complexity index is 535. The molecule has 1 aromatic heterocycles. The van der Waals surface area contributed by atoms with Crippen molar-refractivity contribution in [3.8, 4) is 0 Å². The van der Waals surface area contributed by atoms with E-state index in [4.69, 9.17) is 0 Å². The Morgan fingerprint density at radius 3 is 2.86 bits per heavy atom. The smallest absolute Gasteiger partial charge is 0.312 e. The van der Waals surface area contributed by atoms with Gasteiger partial charge in [-0.15, -0.1) is 0 Å². The first kappa shape index (κ1) is 15.1. The van der Waals surface area contributed by atoms with Gasteiger partial charge in [0.25, 0.3) is 0 Å². The normalized spacial score (nSPS) is 23.9. The van der Waals surface area contributed by atoms with Gasteiger partial charge in [-0.1, -0.05) is 0 Å². The third-order valence-corrected chi connectivity index (χ3v) is 4.94. The van der Waals surface area contributed by atoms with Gasteiger partial charge in [-0.2, -0.15) is 24.9 Å². The molecule has 21 heavy (non-hydrogen) atoms. The number of fused-ring (bicyclic) bond motifs is 1. The zero-order valence-electron chi connectivity index (χ0n) is 11.7. The van der Waals surface area contributed by atoms with Gasteiger partial charge >= 0.3 is 6.18 Å². The lowest BCUT2D eigenvalue weighted by Gasteiger charge is -2.32. The van der Waals surface area contributed by atoms with Gasteiger partial charge in [0.2, 0.25) is 0 Å². The van der Waals surface area contributed by atoms with Crippen molar-refractivity contribution in [1.82, 2.24) is 20.2 Å². The van der Waals surface area contributed by atoms with E-state index in [1.165, 1.54) is 0 Å². The molecule has 0 saturated carbocycles. The molecule has 0 amide bonds. The summed E-state index contributed by atoms with van der Waals surface area (Å²) in [5, 5.41) is 2.97. The molecule has 3 heterocycles. The standard InChI is InChI=1S/C13H17F3N4S/c1-20-4-5-21-7-10(20)12-18-9-2-3-17-6-8(9)11(19-12)13(14,15)16/h10,17H,2-7H2,1H3. The Labute approximate surface area is 125 Å². The monoisotopic (exact) mass is 318 g/mol. The minimum absolute atomic E-state index is 0.134. The predicted octanol–water partition coefficient (Wildman–Crippen LogP) is 1.86. The Balaban J connectivity index is 2.05. The highest BCUT2D eigenvalue weighted by Crippen LogP contribution is 2.35. The maximum Gasteiger partial charge on any atom is 0.433 e. The number of nitrogens with one attached hydrogen (secondary N) is 1. The molecule has 0 spiro atoms. The molecule has 4 nitrogen and oxygen atoms in total. The fourth-order valence-electron chi connectivity index (χ4n) is 2.70. The molecule has 1 N–H and O–H groups in total. The van der Waals surface area contributed by atoms with Crippen LogP contribution in [0.25, 0.3) is 0 Å². The third kappa shape index (κ3) is 3.02. The van der Waals surface area contributed by atoms with Crippen LogP contribution < -0.4 is 5.32 Å². The van der Waals surface area contributed by atoms with Gasteiger partial charge in [-0.25, -0.2) is 9.97 Å². The van der Waals surface area contributed by atoms with Crippen LogP contribution in [0.2, 0.25) is 0 Å². The zero-order valence-corrected chi connectivity index (χ0v) is 12.5. The van der Waals surface area contributed by atoms with E-state index >= 15 is 0 Å². The summed E-state index contributed by atoms with van der Waals surface area (Å²) < 4.78 is 39.8. The van der Waals surface area contributed by atoms with Crippen molar-refractivity contribution in [1.29, 1.82) is 0 Å². The number of rotatable bonds is 1. The minimum atomic E-state index is -4.43. The lowest BCUT2D eigenvalue weighted by molar-refractivity contribution is -0.142. The van der Waals surface area contributed by atoms with Crippen LogP contribution in [-0.2, 0) is 19.1 Å². The predicted molar refractivity (Wildman–Crippen MR) is 75.1 cm³/mol. The number of hydrogen-bond acceptors (Lipinski definition) is 5. The van der Waals surface area contributed by atoms with Crippen molar-refractivity contribution in [2.45, 2.75) is 25.2 Å².